The van der Waals surface area contributed by atoms with Crippen molar-refractivity contribution in [3.05, 3.63) is 29.6 Å². The van der Waals surface area contributed by atoms with Gasteiger partial charge in [-0.05, 0) is 25.1 Å². The number of benzene rings is 1. The Bertz CT molecular complexity index is 655. The zero-order valence-corrected chi connectivity index (χ0v) is 13.4. The van der Waals surface area contributed by atoms with E-state index in [2.05, 4.69) is 10.6 Å². The van der Waals surface area contributed by atoms with Crippen LogP contribution in [0.4, 0.5) is 18.9 Å². The highest BCUT2D eigenvalue weighted by molar-refractivity contribution is 5.92. The SMILES string of the molecule is CCCN(CC(=O)NCC(=O)O)CC(=O)Nc1ccc(F)c(F)c1F. The number of hydrogen-bond acceptors (Lipinski definition) is 4. The third-order valence-electron chi connectivity index (χ3n) is 3.02. The molecule has 25 heavy (non-hydrogen) atoms. The van der Waals surface area contributed by atoms with Crippen molar-refractivity contribution in [2.45, 2.75) is 13.3 Å². The van der Waals surface area contributed by atoms with Crippen LogP contribution in [-0.2, 0) is 14.4 Å². The molecule has 2 amide bonds. The molecule has 0 saturated heterocycles. The molecule has 3 N–H and O–H groups in total. The third-order valence-corrected chi connectivity index (χ3v) is 3.02. The lowest BCUT2D eigenvalue weighted by Gasteiger charge is -2.20. The Balaban J connectivity index is 2.65. The molecule has 0 radical (unpaired) electrons. The van der Waals surface area contributed by atoms with E-state index >= 15 is 0 Å². The minimum Gasteiger partial charge on any atom is -0.480 e. The molecule has 0 aromatic heterocycles. The van der Waals surface area contributed by atoms with Gasteiger partial charge in [0.05, 0.1) is 18.8 Å². The predicted octanol–water partition coefficient (Wildman–Crippen LogP) is 0.955. The van der Waals surface area contributed by atoms with E-state index in [-0.39, 0.29) is 13.1 Å². The van der Waals surface area contributed by atoms with Crippen LogP contribution in [0.25, 0.3) is 0 Å². The van der Waals surface area contributed by atoms with E-state index < -0.39 is 47.5 Å². The number of anilines is 1. The number of amides is 2. The molecule has 1 aromatic rings. The molecule has 1 rings (SSSR count). The number of carboxylic acid groups (broad SMARTS) is 1. The summed E-state index contributed by atoms with van der Waals surface area (Å²) in [4.78, 5) is 35.3. The molecule has 0 aliphatic rings. The van der Waals surface area contributed by atoms with Gasteiger partial charge in [0.25, 0.3) is 0 Å². The summed E-state index contributed by atoms with van der Waals surface area (Å²) in [6.45, 7) is 1.04. The zero-order valence-electron chi connectivity index (χ0n) is 13.4. The standard InChI is InChI=1S/C15H18F3N3O4/c1-2-5-21(7-11(22)19-6-13(24)25)8-12(23)20-10-4-3-9(16)14(17)15(10)18/h3-4H,2,5-8H2,1H3,(H,19,22)(H,20,23)(H,24,25). The van der Waals surface area contributed by atoms with Crippen molar-refractivity contribution in [3.63, 3.8) is 0 Å². The number of rotatable bonds is 9. The van der Waals surface area contributed by atoms with Crippen molar-refractivity contribution in [1.29, 1.82) is 0 Å². The van der Waals surface area contributed by atoms with Crippen LogP contribution in [0.2, 0.25) is 0 Å². The largest absolute Gasteiger partial charge is 0.480 e. The molecule has 0 fully saturated rings. The van der Waals surface area contributed by atoms with E-state index in [1.807, 2.05) is 0 Å². The second kappa shape index (κ2) is 9.62. The smallest absolute Gasteiger partial charge is 0.322 e. The molecule has 0 saturated carbocycles. The first-order chi connectivity index (χ1) is 11.7. The van der Waals surface area contributed by atoms with Gasteiger partial charge in [-0.1, -0.05) is 6.92 Å². The van der Waals surface area contributed by atoms with Gasteiger partial charge in [0, 0.05) is 0 Å². The summed E-state index contributed by atoms with van der Waals surface area (Å²) >= 11 is 0. The number of halogens is 3. The van der Waals surface area contributed by atoms with E-state index in [1.54, 1.807) is 6.92 Å². The number of hydrogen-bond donors (Lipinski definition) is 3. The average molecular weight is 361 g/mol. The Morgan fingerprint density at radius 3 is 2.32 bits per heavy atom. The molecule has 0 unspecified atom stereocenters. The quantitative estimate of drug-likeness (QED) is 0.569. The maximum atomic E-state index is 13.5. The predicted molar refractivity (Wildman–Crippen MR) is 82.3 cm³/mol. The zero-order chi connectivity index (χ0) is 19.0. The number of aliphatic carboxylic acids is 1. The van der Waals surface area contributed by atoms with Crippen LogP contribution in [0.1, 0.15) is 13.3 Å². The van der Waals surface area contributed by atoms with Crippen LogP contribution in [0.3, 0.4) is 0 Å². The molecule has 10 heteroatoms. The minimum atomic E-state index is -1.70. The Hall–Kier alpha value is -2.62. The summed E-state index contributed by atoms with van der Waals surface area (Å²) in [6.07, 6.45) is 0.596. The van der Waals surface area contributed by atoms with E-state index in [9.17, 15) is 27.6 Å². The summed E-state index contributed by atoms with van der Waals surface area (Å²) in [5.74, 6) is -7.13. The van der Waals surface area contributed by atoms with Crippen LogP contribution in [-0.4, -0.2) is 54.0 Å². The van der Waals surface area contributed by atoms with Gasteiger partial charge < -0.3 is 15.7 Å². The van der Waals surface area contributed by atoms with Crippen molar-refractivity contribution in [3.8, 4) is 0 Å². The fourth-order valence-corrected chi connectivity index (χ4v) is 1.98. The van der Waals surface area contributed by atoms with Crippen LogP contribution in [0, 0.1) is 17.5 Å². The number of carbonyl (C=O) groups is 3. The summed E-state index contributed by atoms with van der Waals surface area (Å²) in [5.41, 5.74) is -0.518. The Morgan fingerprint density at radius 2 is 1.72 bits per heavy atom. The molecule has 0 heterocycles. The first kappa shape index (κ1) is 20.4. The highest BCUT2D eigenvalue weighted by Crippen LogP contribution is 2.19. The molecule has 1 aromatic carbocycles. The fraction of sp³-hybridized carbons (Fsp3) is 0.400. The van der Waals surface area contributed by atoms with Gasteiger partial charge in [0.1, 0.15) is 6.54 Å². The summed E-state index contributed by atoms with van der Waals surface area (Å²) in [5, 5.41) is 12.7. The minimum absolute atomic E-state index is 0.241. The second-order valence-electron chi connectivity index (χ2n) is 5.15. The average Bonchev–Trinajstić information content (AvgIpc) is 2.53. The monoisotopic (exact) mass is 361 g/mol. The van der Waals surface area contributed by atoms with Crippen molar-refractivity contribution in [2.24, 2.45) is 0 Å². The highest BCUT2D eigenvalue weighted by atomic mass is 19.2. The lowest BCUT2D eigenvalue weighted by atomic mass is 10.2. The van der Waals surface area contributed by atoms with Crippen molar-refractivity contribution < 1.29 is 32.7 Å². The summed E-state index contributed by atoms with van der Waals surface area (Å²) in [7, 11) is 0. The normalized spacial score (nSPS) is 10.6. The molecule has 138 valence electrons. The Morgan fingerprint density at radius 1 is 1.08 bits per heavy atom. The molecule has 0 atom stereocenters. The van der Waals surface area contributed by atoms with Gasteiger partial charge in [0.15, 0.2) is 17.5 Å². The molecule has 0 bridgehead atoms. The van der Waals surface area contributed by atoms with E-state index in [4.69, 9.17) is 5.11 Å². The molecule has 0 spiro atoms. The lowest BCUT2D eigenvalue weighted by molar-refractivity contribution is -0.138. The lowest BCUT2D eigenvalue weighted by Crippen LogP contribution is -2.42. The maximum Gasteiger partial charge on any atom is 0.322 e. The summed E-state index contributed by atoms with van der Waals surface area (Å²) in [6, 6.07) is 1.56. The molecule has 0 aliphatic carbocycles. The van der Waals surface area contributed by atoms with Gasteiger partial charge in [0.2, 0.25) is 11.8 Å². The second-order valence-corrected chi connectivity index (χ2v) is 5.15. The van der Waals surface area contributed by atoms with Crippen LogP contribution in [0.15, 0.2) is 12.1 Å². The molecule has 7 nitrogen and oxygen atoms in total. The van der Waals surface area contributed by atoms with E-state index in [1.165, 1.54) is 4.90 Å². The van der Waals surface area contributed by atoms with Crippen molar-refractivity contribution in [2.75, 3.05) is 31.5 Å². The summed E-state index contributed by atoms with van der Waals surface area (Å²) < 4.78 is 39.5. The van der Waals surface area contributed by atoms with Crippen LogP contribution < -0.4 is 10.6 Å². The van der Waals surface area contributed by atoms with Gasteiger partial charge in [-0.3, -0.25) is 19.3 Å². The highest BCUT2D eigenvalue weighted by Gasteiger charge is 2.18. The number of carbonyl (C=O) groups excluding carboxylic acids is 2. The maximum absolute atomic E-state index is 13.5. The number of nitrogens with zero attached hydrogens (tertiary/aromatic N) is 1. The molecular formula is C15H18F3N3O4. The van der Waals surface area contributed by atoms with Gasteiger partial charge in [-0.2, -0.15) is 0 Å². The first-order valence-electron chi connectivity index (χ1n) is 7.38. The van der Waals surface area contributed by atoms with Gasteiger partial charge >= 0.3 is 5.97 Å². The van der Waals surface area contributed by atoms with E-state index in [0.29, 0.717) is 19.0 Å². The fourth-order valence-electron chi connectivity index (χ4n) is 1.98. The molecule has 0 aliphatic heterocycles. The van der Waals surface area contributed by atoms with Crippen LogP contribution in [0.5, 0.6) is 0 Å². The van der Waals surface area contributed by atoms with Crippen molar-refractivity contribution in [1.82, 2.24) is 10.2 Å². The van der Waals surface area contributed by atoms with Gasteiger partial charge in [-0.25, -0.2) is 13.2 Å². The number of carboxylic acids is 1. The topological polar surface area (TPSA) is 98.7 Å². The van der Waals surface area contributed by atoms with Crippen LogP contribution >= 0.6 is 0 Å². The Labute approximate surface area is 141 Å². The van der Waals surface area contributed by atoms with Gasteiger partial charge in [-0.15, -0.1) is 0 Å². The Kier molecular flexibility index (Phi) is 7.86. The first-order valence-corrected chi connectivity index (χ1v) is 7.38. The molecular weight excluding hydrogens is 343 g/mol. The van der Waals surface area contributed by atoms with Crippen molar-refractivity contribution >= 4 is 23.5 Å². The third kappa shape index (κ3) is 6.79. The van der Waals surface area contributed by atoms with E-state index in [0.717, 1.165) is 6.07 Å². The number of nitrogens with one attached hydrogen (secondary N) is 2.